The fourth-order valence-corrected chi connectivity index (χ4v) is 3.49. The molecule has 14 heteroatoms. The Morgan fingerprint density at radius 1 is 0.708 bits per heavy atom. The van der Waals surface area contributed by atoms with Crippen molar-refractivity contribution in [2.75, 3.05) is 39.8 Å². The first kappa shape index (κ1) is 26.1. The van der Waals surface area contributed by atoms with Crippen molar-refractivity contribution in [2.45, 2.75) is 26.2 Å². The fourth-order valence-electron chi connectivity index (χ4n) is 1.16. The smallest absolute Gasteiger partial charge is 0.312 e. The third-order valence-electron chi connectivity index (χ3n) is 1.95. The lowest BCUT2D eigenvalue weighted by Gasteiger charge is -2.17. The standard InChI is InChI=1S/C6H12F3O3P.C4H8F3O3P/c1-3-11-13(10,12-4-2)5-6(7,8)9;1-9-11(8,10-2)3-4(5,6)7/h3-5H2,1-2H3;3H2,1-2H3. The van der Waals surface area contributed by atoms with Crippen LogP contribution in [-0.4, -0.2) is 52.1 Å². The molecule has 0 saturated carbocycles. The summed E-state index contributed by atoms with van der Waals surface area (Å²) in [6, 6.07) is 0. The Balaban J connectivity index is 0. The molecular weight excluding hydrogens is 392 g/mol. The van der Waals surface area contributed by atoms with Crippen molar-refractivity contribution >= 4 is 15.2 Å². The van der Waals surface area contributed by atoms with E-state index in [1.165, 1.54) is 13.8 Å². The molecule has 0 spiro atoms. The summed E-state index contributed by atoms with van der Waals surface area (Å²) in [5.41, 5.74) is 0. The minimum absolute atomic E-state index is 0.0621. The van der Waals surface area contributed by atoms with Crippen molar-refractivity contribution in [2.24, 2.45) is 0 Å². The van der Waals surface area contributed by atoms with Crippen molar-refractivity contribution in [3.8, 4) is 0 Å². The van der Waals surface area contributed by atoms with Gasteiger partial charge in [-0.2, -0.15) is 26.3 Å². The van der Waals surface area contributed by atoms with Gasteiger partial charge in [0.2, 0.25) is 0 Å². The normalized spacial score (nSPS) is 13.4. The molecule has 148 valence electrons. The molecule has 0 aromatic rings. The van der Waals surface area contributed by atoms with Crippen LogP contribution in [0.5, 0.6) is 0 Å². The molecule has 0 aliphatic rings. The number of halogens is 6. The largest absolute Gasteiger partial charge is 0.400 e. The van der Waals surface area contributed by atoms with Crippen LogP contribution in [0.25, 0.3) is 0 Å². The maximum atomic E-state index is 11.9. The van der Waals surface area contributed by atoms with E-state index in [0.717, 1.165) is 14.2 Å². The van der Waals surface area contributed by atoms with Crippen LogP contribution in [0, 0.1) is 0 Å². The zero-order valence-corrected chi connectivity index (χ0v) is 15.2. The first-order valence-electron chi connectivity index (χ1n) is 6.38. The minimum Gasteiger partial charge on any atom is -0.312 e. The van der Waals surface area contributed by atoms with E-state index in [0.29, 0.717) is 0 Å². The molecule has 0 fully saturated rings. The predicted octanol–water partition coefficient (Wildman–Crippen LogP) is 4.85. The second-order valence-corrected chi connectivity index (χ2v) is 8.29. The number of hydrogen-bond donors (Lipinski definition) is 0. The summed E-state index contributed by atoms with van der Waals surface area (Å²) >= 11 is 0. The lowest BCUT2D eigenvalue weighted by Crippen LogP contribution is -2.16. The molecule has 0 saturated heterocycles. The summed E-state index contributed by atoms with van der Waals surface area (Å²) in [5.74, 6) is 0. The molecule has 0 aliphatic heterocycles. The van der Waals surface area contributed by atoms with Crippen LogP contribution in [0.3, 0.4) is 0 Å². The number of rotatable bonds is 8. The number of alkyl halides is 6. The van der Waals surface area contributed by atoms with Gasteiger partial charge in [-0.05, 0) is 13.8 Å². The molecule has 0 N–H and O–H groups in total. The summed E-state index contributed by atoms with van der Waals surface area (Å²) in [7, 11) is -6.07. The molecule has 6 nitrogen and oxygen atoms in total. The van der Waals surface area contributed by atoms with Crippen LogP contribution in [0.1, 0.15) is 13.8 Å². The third kappa shape index (κ3) is 14.2. The Morgan fingerprint density at radius 2 is 1.00 bits per heavy atom. The Kier molecular flexibility index (Phi) is 11.7. The molecule has 0 aromatic carbocycles. The Labute approximate surface area is 135 Å². The van der Waals surface area contributed by atoms with Crippen LogP contribution >= 0.6 is 15.2 Å². The average Bonchev–Trinajstić information content (AvgIpc) is 2.35. The Bertz CT molecular complexity index is 421. The van der Waals surface area contributed by atoms with Gasteiger partial charge in [-0.1, -0.05) is 0 Å². The van der Waals surface area contributed by atoms with Crippen molar-refractivity contribution in [3.63, 3.8) is 0 Å². The second-order valence-electron chi connectivity index (χ2n) is 3.97. The SMILES string of the molecule is CCOP(=O)(CC(F)(F)F)OCC.COP(=O)(CC(F)(F)F)OC. The van der Waals surface area contributed by atoms with E-state index >= 15 is 0 Å². The van der Waals surface area contributed by atoms with E-state index in [1.54, 1.807) is 0 Å². The monoisotopic (exact) mass is 412 g/mol. The molecule has 0 atom stereocenters. The molecule has 0 rings (SSSR count). The molecule has 0 amide bonds. The fraction of sp³-hybridized carbons (Fsp3) is 1.00. The molecule has 0 radical (unpaired) electrons. The van der Waals surface area contributed by atoms with Gasteiger partial charge < -0.3 is 18.1 Å². The third-order valence-corrected chi connectivity index (χ3v) is 5.86. The van der Waals surface area contributed by atoms with E-state index in [-0.39, 0.29) is 13.2 Å². The first-order chi connectivity index (χ1) is 10.7. The van der Waals surface area contributed by atoms with Gasteiger partial charge in [0.05, 0.1) is 13.2 Å². The summed E-state index contributed by atoms with van der Waals surface area (Å²) < 4.78 is 110. The van der Waals surface area contributed by atoms with Crippen molar-refractivity contribution < 1.29 is 53.6 Å². The maximum absolute atomic E-state index is 11.9. The van der Waals surface area contributed by atoms with Gasteiger partial charge in [0, 0.05) is 14.2 Å². The summed E-state index contributed by atoms with van der Waals surface area (Å²) in [5, 5.41) is 0. The van der Waals surface area contributed by atoms with Gasteiger partial charge in [0.1, 0.15) is 12.3 Å². The zero-order chi connectivity index (χ0) is 19.7. The van der Waals surface area contributed by atoms with Gasteiger partial charge >= 0.3 is 27.5 Å². The molecular formula is C10H20F6O6P2. The molecule has 0 unspecified atom stereocenters. The van der Waals surface area contributed by atoms with Gasteiger partial charge in [0.25, 0.3) is 0 Å². The van der Waals surface area contributed by atoms with E-state index < -0.39 is 39.9 Å². The molecule has 0 heterocycles. The number of hydrogen-bond acceptors (Lipinski definition) is 6. The van der Waals surface area contributed by atoms with Crippen molar-refractivity contribution in [1.29, 1.82) is 0 Å². The van der Waals surface area contributed by atoms with Crippen molar-refractivity contribution in [3.05, 3.63) is 0 Å². The van der Waals surface area contributed by atoms with Gasteiger partial charge in [-0.25, -0.2) is 0 Å². The Hall–Kier alpha value is -0.120. The highest BCUT2D eigenvalue weighted by molar-refractivity contribution is 7.54. The van der Waals surface area contributed by atoms with Gasteiger partial charge in [0.15, 0.2) is 0 Å². The Morgan fingerprint density at radius 3 is 1.17 bits per heavy atom. The second kappa shape index (κ2) is 10.8. The van der Waals surface area contributed by atoms with E-state index in [4.69, 9.17) is 0 Å². The highest BCUT2D eigenvalue weighted by Gasteiger charge is 2.41. The first-order valence-corrected chi connectivity index (χ1v) is 9.83. The van der Waals surface area contributed by atoms with Crippen LogP contribution in [-0.2, 0) is 27.2 Å². The molecule has 0 bridgehead atoms. The van der Waals surface area contributed by atoms with Crippen molar-refractivity contribution in [1.82, 2.24) is 0 Å². The van der Waals surface area contributed by atoms with Gasteiger partial charge in [-0.3, -0.25) is 9.13 Å². The minimum atomic E-state index is -4.53. The van der Waals surface area contributed by atoms with E-state index in [2.05, 4.69) is 18.1 Å². The summed E-state index contributed by atoms with van der Waals surface area (Å²) in [6.07, 6.45) is -12.1. The highest BCUT2D eigenvalue weighted by atomic mass is 31.2. The van der Waals surface area contributed by atoms with E-state index in [1.807, 2.05) is 0 Å². The quantitative estimate of drug-likeness (QED) is 0.419. The van der Waals surface area contributed by atoms with Crippen LogP contribution in [0.15, 0.2) is 0 Å². The molecule has 0 aliphatic carbocycles. The maximum Gasteiger partial charge on any atom is 0.400 e. The van der Waals surface area contributed by atoms with Crippen LogP contribution in [0.4, 0.5) is 26.3 Å². The lowest BCUT2D eigenvalue weighted by atomic mass is 10.8. The van der Waals surface area contributed by atoms with Crippen LogP contribution in [0.2, 0.25) is 0 Å². The summed E-state index contributed by atoms with van der Waals surface area (Å²) in [6.45, 7) is 2.80. The molecule has 24 heavy (non-hydrogen) atoms. The van der Waals surface area contributed by atoms with Crippen LogP contribution < -0.4 is 0 Å². The van der Waals surface area contributed by atoms with Gasteiger partial charge in [-0.15, -0.1) is 0 Å². The lowest BCUT2D eigenvalue weighted by molar-refractivity contribution is -0.111. The predicted molar refractivity (Wildman–Crippen MR) is 74.3 cm³/mol. The molecule has 0 aromatic heterocycles. The van der Waals surface area contributed by atoms with E-state index in [9.17, 15) is 35.5 Å². The summed E-state index contributed by atoms with van der Waals surface area (Å²) in [4.78, 5) is 0. The highest BCUT2D eigenvalue weighted by Crippen LogP contribution is 2.52. The topological polar surface area (TPSA) is 71.1 Å². The average molecular weight is 412 g/mol. The zero-order valence-electron chi connectivity index (χ0n) is 13.4.